The third-order valence-corrected chi connectivity index (χ3v) is 9.17. The quantitative estimate of drug-likeness (QED) is 0.114. The van der Waals surface area contributed by atoms with Gasteiger partial charge < -0.3 is 18.6 Å². The van der Waals surface area contributed by atoms with Crippen molar-refractivity contribution in [2.45, 2.75) is 103 Å². The van der Waals surface area contributed by atoms with Crippen LogP contribution in [0.25, 0.3) is 10.9 Å². The molecule has 0 N–H and O–H groups in total. The number of hydrogen-bond donors (Lipinski definition) is 0. The molecule has 1 aromatic heterocycles. The molecule has 1 fully saturated rings. The van der Waals surface area contributed by atoms with Gasteiger partial charge in [-0.25, -0.2) is 0 Å². The van der Waals surface area contributed by atoms with Crippen molar-refractivity contribution >= 4 is 46.9 Å². The Bertz CT molecular complexity index is 1420. The molecular formula is C32H43BN2O5S. The second-order valence-corrected chi connectivity index (χ2v) is 15.3. The van der Waals surface area contributed by atoms with Crippen molar-refractivity contribution in [1.29, 1.82) is 0 Å². The maximum Gasteiger partial charge on any atom is 0.494 e. The Morgan fingerprint density at radius 1 is 1.00 bits per heavy atom. The molecule has 9 heteroatoms. The first-order chi connectivity index (χ1) is 19.0. The Labute approximate surface area is 248 Å². The number of benzene rings is 2. The van der Waals surface area contributed by atoms with Crippen molar-refractivity contribution in [2.75, 3.05) is 6.61 Å². The van der Waals surface area contributed by atoms with Crippen LogP contribution in [-0.2, 0) is 31.8 Å². The van der Waals surface area contributed by atoms with E-state index in [9.17, 15) is 9.70 Å². The highest BCUT2D eigenvalue weighted by molar-refractivity contribution is 8.00. The number of nitrogens with zero attached hydrogens (tertiary/aromatic N) is 2. The summed E-state index contributed by atoms with van der Waals surface area (Å²) in [5, 5.41) is 4.17. The summed E-state index contributed by atoms with van der Waals surface area (Å²) in [7, 11) is -0.425. The standard InChI is InChI=1S/C32H43BN2O5S/c1-11-38-28(36)30(5,6)19-26-27(41-29(2,3)4)24-18-23(34-37)16-17-25(24)35(26)20-21-12-14-22(15-13-21)33-39-31(7,8)32(9,10)40-33/h12-18H,11,19-20H2,1-10H3. The molecule has 7 nitrogen and oxygen atoms in total. The largest absolute Gasteiger partial charge is 0.494 e. The number of carbonyl (C=O) groups excluding carboxylic acids is 1. The van der Waals surface area contributed by atoms with Gasteiger partial charge in [-0.2, -0.15) is 0 Å². The van der Waals surface area contributed by atoms with E-state index in [2.05, 4.69) is 82.5 Å². The second-order valence-electron chi connectivity index (χ2n) is 13.5. The van der Waals surface area contributed by atoms with Crippen LogP contribution in [0.15, 0.2) is 52.5 Å². The molecule has 2 heterocycles. The van der Waals surface area contributed by atoms with Gasteiger partial charge in [-0.15, -0.1) is 16.7 Å². The number of esters is 1. The van der Waals surface area contributed by atoms with Gasteiger partial charge in [-0.05, 0) is 82.9 Å². The van der Waals surface area contributed by atoms with Crippen LogP contribution >= 0.6 is 11.8 Å². The van der Waals surface area contributed by atoms with Crippen LogP contribution in [0.5, 0.6) is 0 Å². The zero-order valence-electron chi connectivity index (χ0n) is 26.1. The van der Waals surface area contributed by atoms with E-state index in [1.54, 1.807) is 17.8 Å². The topological polar surface area (TPSA) is 79.1 Å². The molecule has 0 radical (unpaired) electrons. The molecule has 220 valence electrons. The molecule has 2 aromatic carbocycles. The summed E-state index contributed by atoms with van der Waals surface area (Å²) < 4.78 is 20.1. The van der Waals surface area contributed by atoms with Crippen molar-refractivity contribution in [2.24, 2.45) is 10.6 Å². The minimum atomic E-state index is -0.748. The fourth-order valence-corrected chi connectivity index (χ4v) is 6.14. The van der Waals surface area contributed by atoms with Crippen molar-refractivity contribution in [1.82, 2.24) is 4.57 Å². The van der Waals surface area contributed by atoms with Crippen molar-refractivity contribution in [3.05, 3.63) is 58.6 Å². The van der Waals surface area contributed by atoms with Crippen LogP contribution in [-0.4, -0.2) is 40.2 Å². The summed E-state index contributed by atoms with van der Waals surface area (Å²) in [6.45, 7) is 21.3. The lowest BCUT2D eigenvalue weighted by atomic mass is 9.79. The fourth-order valence-electron chi connectivity index (χ4n) is 4.96. The Balaban J connectivity index is 1.79. The number of thioether (sulfide) groups is 1. The molecule has 1 aliphatic heterocycles. The molecule has 41 heavy (non-hydrogen) atoms. The lowest BCUT2D eigenvalue weighted by Crippen LogP contribution is -2.41. The van der Waals surface area contributed by atoms with Crippen LogP contribution in [0.4, 0.5) is 5.69 Å². The van der Waals surface area contributed by atoms with Crippen LogP contribution in [0.2, 0.25) is 0 Å². The SMILES string of the molecule is CCOC(=O)C(C)(C)Cc1c(SC(C)(C)C)c2cc(N=O)ccc2n1Cc1ccc(B2OC(C)(C)C(C)(C)O2)cc1. The van der Waals surface area contributed by atoms with E-state index in [1.165, 1.54) is 0 Å². The average molecular weight is 579 g/mol. The van der Waals surface area contributed by atoms with Gasteiger partial charge in [0.1, 0.15) is 5.69 Å². The molecule has 4 rings (SSSR count). The minimum absolute atomic E-state index is 0.100. The van der Waals surface area contributed by atoms with E-state index in [4.69, 9.17) is 14.0 Å². The lowest BCUT2D eigenvalue weighted by molar-refractivity contribution is -0.153. The summed E-state index contributed by atoms with van der Waals surface area (Å²) in [6.07, 6.45) is 0.481. The third-order valence-electron chi connectivity index (χ3n) is 7.90. The Hall–Kier alpha value is -2.62. The molecule has 0 unspecified atom stereocenters. The number of ether oxygens (including phenoxy) is 1. The van der Waals surface area contributed by atoms with Crippen molar-refractivity contribution < 1.29 is 18.8 Å². The number of nitroso groups, excluding NO2 is 1. The molecule has 0 amide bonds. The molecule has 1 saturated heterocycles. The van der Waals surface area contributed by atoms with Gasteiger partial charge in [0.15, 0.2) is 0 Å². The summed E-state index contributed by atoms with van der Waals surface area (Å²) in [5.41, 5.74) is 2.93. The summed E-state index contributed by atoms with van der Waals surface area (Å²) in [4.78, 5) is 25.5. The molecular weight excluding hydrogens is 535 g/mol. The smallest absolute Gasteiger partial charge is 0.466 e. The molecule has 0 spiro atoms. The average Bonchev–Trinajstić information content (AvgIpc) is 3.26. The molecule has 1 aliphatic rings. The van der Waals surface area contributed by atoms with Gasteiger partial charge in [-0.3, -0.25) is 4.79 Å². The van der Waals surface area contributed by atoms with Gasteiger partial charge in [0, 0.05) is 39.2 Å². The van der Waals surface area contributed by atoms with E-state index in [0.29, 0.717) is 25.3 Å². The molecule has 0 saturated carbocycles. The monoisotopic (exact) mass is 578 g/mol. The van der Waals surface area contributed by atoms with Gasteiger partial charge >= 0.3 is 13.1 Å². The first-order valence-electron chi connectivity index (χ1n) is 14.3. The van der Waals surface area contributed by atoms with Gasteiger partial charge in [0.25, 0.3) is 0 Å². The number of hydrogen-bond acceptors (Lipinski definition) is 7. The van der Waals surface area contributed by atoms with E-state index in [-0.39, 0.29) is 10.7 Å². The molecule has 0 atom stereocenters. The summed E-state index contributed by atoms with van der Waals surface area (Å²) in [5.74, 6) is -0.231. The number of aromatic nitrogens is 1. The normalized spacial score (nSPS) is 16.8. The highest BCUT2D eigenvalue weighted by atomic mass is 32.2. The second kappa shape index (κ2) is 11.2. The summed E-state index contributed by atoms with van der Waals surface area (Å²) in [6, 6.07) is 13.9. The highest BCUT2D eigenvalue weighted by Gasteiger charge is 2.51. The first-order valence-corrected chi connectivity index (χ1v) is 15.1. The van der Waals surface area contributed by atoms with E-state index in [0.717, 1.165) is 32.5 Å². The Kier molecular flexibility index (Phi) is 8.58. The highest BCUT2D eigenvalue weighted by Crippen LogP contribution is 2.44. The van der Waals surface area contributed by atoms with Gasteiger partial charge in [-0.1, -0.05) is 45.0 Å². The van der Waals surface area contributed by atoms with E-state index in [1.807, 2.05) is 32.9 Å². The van der Waals surface area contributed by atoms with Gasteiger partial charge in [0.05, 0.1) is 23.2 Å². The molecule has 3 aromatic rings. The fraction of sp³-hybridized carbons (Fsp3) is 0.531. The predicted molar refractivity (Wildman–Crippen MR) is 168 cm³/mol. The van der Waals surface area contributed by atoms with Crippen molar-refractivity contribution in [3.8, 4) is 0 Å². The van der Waals surface area contributed by atoms with E-state index < -0.39 is 23.7 Å². The maximum absolute atomic E-state index is 13.0. The lowest BCUT2D eigenvalue weighted by Gasteiger charge is -2.32. The van der Waals surface area contributed by atoms with Crippen molar-refractivity contribution in [3.63, 3.8) is 0 Å². The van der Waals surface area contributed by atoms with Gasteiger partial charge in [0.2, 0.25) is 0 Å². The number of fused-ring (bicyclic) bond motifs is 1. The zero-order chi connectivity index (χ0) is 30.4. The first kappa shape index (κ1) is 31.3. The molecule has 0 aliphatic carbocycles. The van der Waals surface area contributed by atoms with E-state index >= 15 is 0 Å². The summed E-state index contributed by atoms with van der Waals surface area (Å²) >= 11 is 1.74. The predicted octanol–water partition coefficient (Wildman–Crippen LogP) is 7.41. The number of carbonyl (C=O) groups is 1. The zero-order valence-corrected chi connectivity index (χ0v) is 26.9. The maximum atomic E-state index is 13.0. The van der Waals surface area contributed by atoms with Crippen LogP contribution < -0.4 is 5.46 Å². The third kappa shape index (κ3) is 6.57. The Morgan fingerprint density at radius 3 is 2.15 bits per heavy atom. The Morgan fingerprint density at radius 2 is 1.61 bits per heavy atom. The molecule has 0 bridgehead atoms. The van der Waals surface area contributed by atoms with Crippen LogP contribution in [0.3, 0.4) is 0 Å². The van der Waals surface area contributed by atoms with Crippen LogP contribution in [0.1, 0.15) is 80.5 Å². The minimum Gasteiger partial charge on any atom is -0.466 e. The van der Waals surface area contributed by atoms with Crippen LogP contribution in [0, 0.1) is 10.3 Å². The number of rotatable bonds is 9.